The van der Waals surface area contributed by atoms with Crippen LogP contribution in [-0.4, -0.2) is 52.7 Å². The van der Waals surface area contributed by atoms with Crippen LogP contribution in [0.4, 0.5) is 0 Å². The molecule has 0 bridgehead atoms. The Hall–Kier alpha value is -3.24. The van der Waals surface area contributed by atoms with Crippen LogP contribution in [0.5, 0.6) is 0 Å². The molecule has 1 aliphatic rings. The average molecular weight is 663 g/mol. The molecule has 1 amide bonds. The van der Waals surface area contributed by atoms with Gasteiger partial charge in [0, 0.05) is 29.7 Å². The van der Waals surface area contributed by atoms with Gasteiger partial charge in [-0.3, -0.25) is 9.69 Å². The van der Waals surface area contributed by atoms with Crippen LogP contribution in [0.1, 0.15) is 56.5 Å². The molecule has 5 aromatic rings. The molecule has 0 saturated carbocycles. The number of hydrogen-bond acceptors (Lipinski definition) is 6. The van der Waals surface area contributed by atoms with Crippen molar-refractivity contribution in [3.63, 3.8) is 0 Å². The second-order valence-corrected chi connectivity index (χ2v) is 15.7. The first-order valence-electron chi connectivity index (χ1n) is 15.7. The number of imidazole rings is 1. The molecule has 1 fully saturated rings. The predicted molar refractivity (Wildman–Crippen MR) is 183 cm³/mol. The van der Waals surface area contributed by atoms with E-state index in [9.17, 15) is 13.2 Å². The van der Waals surface area contributed by atoms with Crippen LogP contribution >= 0.6 is 22.9 Å². The fourth-order valence-electron chi connectivity index (χ4n) is 6.07. The largest absolute Gasteiger partial charge is 0.323 e. The maximum Gasteiger partial charge on any atom is 0.277 e. The molecule has 7 nitrogen and oxygen atoms in total. The average Bonchev–Trinajstić information content (AvgIpc) is 3.56. The number of para-hydroxylation sites is 2. The van der Waals surface area contributed by atoms with Crippen molar-refractivity contribution in [1.29, 1.82) is 0 Å². The number of aromatic nitrogens is 2. The van der Waals surface area contributed by atoms with Crippen LogP contribution in [-0.2, 0) is 34.3 Å². The first-order chi connectivity index (χ1) is 21.7. The summed E-state index contributed by atoms with van der Waals surface area (Å²) in [5.41, 5.74) is 4.12. The lowest BCUT2D eigenvalue weighted by atomic mass is 10.0. The van der Waals surface area contributed by atoms with Gasteiger partial charge in [0.25, 0.3) is 10.0 Å². The molecule has 0 aliphatic carbocycles. The van der Waals surface area contributed by atoms with Gasteiger partial charge in [0.2, 0.25) is 5.91 Å². The number of carbonyl (C=O) groups is 1. The highest BCUT2D eigenvalue weighted by atomic mass is 35.5. The third-order valence-electron chi connectivity index (χ3n) is 8.55. The Bertz CT molecular complexity index is 1930. The number of nitrogens with zero attached hydrogens (tertiary/aromatic N) is 4. The monoisotopic (exact) mass is 662 g/mol. The van der Waals surface area contributed by atoms with E-state index in [2.05, 4.69) is 27.7 Å². The first-order valence-corrected chi connectivity index (χ1v) is 18.3. The minimum absolute atomic E-state index is 0.00242. The van der Waals surface area contributed by atoms with Crippen molar-refractivity contribution in [2.45, 2.75) is 63.3 Å². The van der Waals surface area contributed by atoms with E-state index in [1.807, 2.05) is 62.4 Å². The van der Waals surface area contributed by atoms with Gasteiger partial charge in [-0.25, -0.2) is 17.7 Å². The highest BCUT2D eigenvalue weighted by Crippen LogP contribution is 2.40. The van der Waals surface area contributed by atoms with Gasteiger partial charge in [0.05, 0.1) is 22.5 Å². The summed E-state index contributed by atoms with van der Waals surface area (Å²) < 4.78 is 32.2. The number of amides is 1. The number of hydrogen-bond donors (Lipinski definition) is 0. The van der Waals surface area contributed by atoms with Gasteiger partial charge in [0.1, 0.15) is 5.82 Å². The van der Waals surface area contributed by atoms with Crippen molar-refractivity contribution in [2.75, 3.05) is 19.6 Å². The predicted octanol–water partition coefficient (Wildman–Crippen LogP) is 7.74. The Balaban J connectivity index is 1.34. The molecule has 1 aliphatic heterocycles. The third-order valence-corrected chi connectivity index (χ3v) is 12.7. The van der Waals surface area contributed by atoms with E-state index in [1.54, 1.807) is 6.07 Å². The summed E-state index contributed by atoms with van der Waals surface area (Å²) in [5.74, 6) is 0.234. The number of rotatable bonds is 11. The van der Waals surface area contributed by atoms with Crippen molar-refractivity contribution in [1.82, 2.24) is 18.8 Å². The highest BCUT2D eigenvalue weighted by molar-refractivity contribution is 7.92. The maximum atomic E-state index is 14.1. The molecule has 3 aromatic carbocycles. The second-order valence-electron chi connectivity index (χ2n) is 12.2. The van der Waals surface area contributed by atoms with Gasteiger partial charge >= 0.3 is 0 Å². The standard InChI is InChI=1S/C35H39ClN4O3S2/c1-25(2)18-21-40(45(42,43)35-34(36)28-14-6-9-17-31(28)44-35)33(41)22-32-37-29-15-7-8-16-30(29)39(32)24-27-13-5-4-12-26(27)23-38-19-10-3-11-20-38/h4-9,12-17,25H,3,10-11,18-24H2,1-2H3. The summed E-state index contributed by atoms with van der Waals surface area (Å²) in [7, 11) is -4.21. The lowest BCUT2D eigenvalue weighted by Gasteiger charge is -2.27. The quantitative estimate of drug-likeness (QED) is 0.145. The lowest BCUT2D eigenvalue weighted by molar-refractivity contribution is -0.126. The molecule has 3 heterocycles. The lowest BCUT2D eigenvalue weighted by Crippen LogP contribution is -2.39. The van der Waals surface area contributed by atoms with E-state index in [1.165, 1.54) is 30.4 Å². The van der Waals surface area contributed by atoms with Crippen molar-refractivity contribution in [3.05, 3.63) is 94.8 Å². The Kier molecular flexibility index (Phi) is 9.61. The van der Waals surface area contributed by atoms with Gasteiger partial charge in [-0.2, -0.15) is 0 Å². The Morgan fingerprint density at radius 3 is 2.33 bits per heavy atom. The summed E-state index contributed by atoms with van der Waals surface area (Å²) in [6, 6.07) is 23.6. The highest BCUT2D eigenvalue weighted by Gasteiger charge is 2.34. The van der Waals surface area contributed by atoms with Gasteiger partial charge in [0.15, 0.2) is 4.21 Å². The zero-order valence-corrected chi connectivity index (χ0v) is 28.2. The Morgan fingerprint density at radius 2 is 1.60 bits per heavy atom. The zero-order chi connectivity index (χ0) is 31.6. The minimum atomic E-state index is -4.21. The number of likely N-dealkylation sites (tertiary alicyclic amines) is 1. The van der Waals surface area contributed by atoms with Gasteiger partial charge < -0.3 is 4.57 Å². The first kappa shape index (κ1) is 31.7. The van der Waals surface area contributed by atoms with E-state index in [4.69, 9.17) is 16.6 Å². The molecular formula is C35H39ClN4O3S2. The number of benzene rings is 3. The molecular weight excluding hydrogens is 624 g/mol. The van der Waals surface area contributed by atoms with E-state index < -0.39 is 15.9 Å². The van der Waals surface area contributed by atoms with Gasteiger partial charge in [-0.15, -0.1) is 11.3 Å². The zero-order valence-electron chi connectivity index (χ0n) is 25.8. The number of halogens is 1. The number of fused-ring (bicyclic) bond motifs is 2. The van der Waals surface area contributed by atoms with Gasteiger partial charge in [-0.05, 0) is 67.6 Å². The van der Waals surface area contributed by atoms with Crippen molar-refractivity contribution >= 4 is 60.0 Å². The summed E-state index contributed by atoms with van der Waals surface area (Å²) in [6.07, 6.45) is 4.12. The number of thiophene rings is 1. The molecule has 236 valence electrons. The van der Waals surface area contributed by atoms with Crippen LogP contribution in [0.2, 0.25) is 5.02 Å². The van der Waals surface area contributed by atoms with Crippen molar-refractivity contribution < 1.29 is 13.2 Å². The smallest absolute Gasteiger partial charge is 0.277 e. The summed E-state index contributed by atoms with van der Waals surface area (Å²) in [4.78, 5) is 21.5. The van der Waals surface area contributed by atoms with E-state index >= 15 is 0 Å². The Labute approximate surface area is 274 Å². The number of sulfonamides is 1. The van der Waals surface area contributed by atoms with Crippen LogP contribution in [0.25, 0.3) is 21.1 Å². The van der Waals surface area contributed by atoms with Crippen molar-refractivity contribution in [2.24, 2.45) is 5.92 Å². The SMILES string of the molecule is CC(C)CCN(C(=O)Cc1nc2ccccc2n1Cc1ccccc1CN1CCCCC1)S(=O)(=O)c1sc2ccccc2c1Cl. The summed E-state index contributed by atoms with van der Waals surface area (Å²) in [6.45, 7) is 7.73. The molecule has 0 N–H and O–H groups in total. The van der Waals surface area contributed by atoms with E-state index in [0.717, 1.165) is 51.0 Å². The van der Waals surface area contributed by atoms with Gasteiger partial charge in [-0.1, -0.05) is 86.5 Å². The van der Waals surface area contributed by atoms with Crippen LogP contribution in [0, 0.1) is 5.92 Å². The fraction of sp³-hybridized carbons (Fsp3) is 0.371. The topological polar surface area (TPSA) is 75.5 Å². The van der Waals surface area contributed by atoms with Crippen LogP contribution < -0.4 is 0 Å². The molecule has 0 atom stereocenters. The number of carbonyl (C=O) groups excluding carboxylic acids is 1. The third kappa shape index (κ3) is 6.82. The molecule has 1 saturated heterocycles. The molecule has 2 aromatic heterocycles. The van der Waals surface area contributed by atoms with Crippen LogP contribution in [0.3, 0.4) is 0 Å². The molecule has 0 radical (unpaired) electrons. The van der Waals surface area contributed by atoms with E-state index in [0.29, 0.717) is 24.2 Å². The molecule has 0 unspecified atom stereocenters. The minimum Gasteiger partial charge on any atom is -0.323 e. The fourth-order valence-corrected chi connectivity index (χ4v) is 9.70. The summed E-state index contributed by atoms with van der Waals surface area (Å²) >= 11 is 7.74. The second kappa shape index (κ2) is 13.6. The maximum absolute atomic E-state index is 14.1. The van der Waals surface area contributed by atoms with E-state index in [-0.39, 0.29) is 28.1 Å². The normalized spacial score (nSPS) is 14.5. The molecule has 6 rings (SSSR count). The molecule has 45 heavy (non-hydrogen) atoms. The van der Waals surface area contributed by atoms with Crippen LogP contribution in [0.15, 0.2) is 77.0 Å². The Morgan fingerprint density at radius 1 is 0.933 bits per heavy atom. The number of piperidine rings is 1. The van der Waals surface area contributed by atoms with Crippen molar-refractivity contribution in [3.8, 4) is 0 Å². The molecule has 0 spiro atoms. The molecule has 10 heteroatoms. The summed E-state index contributed by atoms with van der Waals surface area (Å²) in [5, 5.41) is 0.833.